The van der Waals surface area contributed by atoms with Gasteiger partial charge in [0.2, 0.25) is 5.91 Å². The van der Waals surface area contributed by atoms with E-state index in [2.05, 4.69) is 50.4 Å². The van der Waals surface area contributed by atoms with Gasteiger partial charge in [0, 0.05) is 6.42 Å². The van der Waals surface area contributed by atoms with Crippen LogP contribution in [-0.2, 0) is 23.8 Å². The number of esters is 1. The summed E-state index contributed by atoms with van der Waals surface area (Å²) in [5.41, 5.74) is 0. The fourth-order valence-electron chi connectivity index (χ4n) is 7.56. The van der Waals surface area contributed by atoms with Crippen molar-refractivity contribution in [1.29, 1.82) is 0 Å². The number of unbranched alkanes of at least 4 members (excludes halogenated alkanes) is 21. The second-order valence-electron chi connectivity index (χ2n) is 17.5. The molecular weight excluding hydrogens is 799 g/mol. The number of aliphatic hydroxyl groups excluding tert-OH is 5. The number of ether oxygens (including phenoxy) is 3. The Morgan fingerprint density at radius 3 is 1.68 bits per heavy atom. The molecule has 0 spiro atoms. The molecule has 0 aromatic carbocycles. The predicted octanol–water partition coefficient (Wildman–Crippen LogP) is 10.2. The molecule has 1 saturated heterocycles. The van der Waals surface area contributed by atoms with Crippen molar-refractivity contribution in [2.24, 2.45) is 0 Å². The van der Waals surface area contributed by atoms with Gasteiger partial charge in [0.15, 0.2) is 12.4 Å². The van der Waals surface area contributed by atoms with Crippen molar-refractivity contribution in [3.63, 3.8) is 0 Å². The summed E-state index contributed by atoms with van der Waals surface area (Å²) < 4.78 is 17.4. The molecule has 8 atom stereocenters. The molecule has 1 rings (SSSR count). The molecule has 1 aliphatic rings. The molecule has 63 heavy (non-hydrogen) atoms. The Labute approximate surface area is 383 Å². The summed E-state index contributed by atoms with van der Waals surface area (Å²) >= 11 is 0. The summed E-state index contributed by atoms with van der Waals surface area (Å²) in [4.78, 5) is 26.2. The first-order chi connectivity index (χ1) is 30.7. The molecule has 11 nitrogen and oxygen atoms in total. The van der Waals surface area contributed by atoms with E-state index in [0.29, 0.717) is 12.8 Å². The molecule has 1 aliphatic heterocycles. The fourth-order valence-corrected chi connectivity index (χ4v) is 7.56. The molecule has 0 aliphatic carbocycles. The number of allylic oxidation sites excluding steroid dienone is 7. The molecule has 8 unspecified atom stereocenters. The minimum absolute atomic E-state index is 0.0164. The molecule has 0 bridgehead atoms. The molecule has 1 fully saturated rings. The first-order valence-corrected chi connectivity index (χ1v) is 25.4. The third-order valence-corrected chi connectivity index (χ3v) is 11.7. The molecular formula is C52H93NO10. The Kier molecular flexibility index (Phi) is 38.2. The van der Waals surface area contributed by atoms with Crippen LogP contribution in [0.15, 0.2) is 48.6 Å². The van der Waals surface area contributed by atoms with Crippen molar-refractivity contribution >= 4 is 11.9 Å². The Morgan fingerprint density at radius 1 is 0.619 bits per heavy atom. The Hall–Kier alpha value is -2.38. The highest BCUT2D eigenvalue weighted by Crippen LogP contribution is 2.26. The van der Waals surface area contributed by atoms with E-state index in [1.807, 2.05) is 18.2 Å². The molecule has 0 saturated carbocycles. The van der Waals surface area contributed by atoms with Crippen LogP contribution in [0, 0.1) is 0 Å². The van der Waals surface area contributed by atoms with Crippen molar-refractivity contribution in [3.05, 3.63) is 48.6 Å². The van der Waals surface area contributed by atoms with Crippen molar-refractivity contribution in [1.82, 2.24) is 5.32 Å². The third kappa shape index (κ3) is 30.5. The quantitative estimate of drug-likeness (QED) is 0.0197. The molecule has 1 heterocycles. The number of amides is 1. The first-order valence-electron chi connectivity index (χ1n) is 25.4. The number of nitrogens with one attached hydrogen (secondary N) is 1. The molecule has 1 amide bonds. The number of rotatable bonds is 41. The summed E-state index contributed by atoms with van der Waals surface area (Å²) in [7, 11) is 0. The maximum absolute atomic E-state index is 13.3. The van der Waals surface area contributed by atoms with Gasteiger partial charge in [-0.1, -0.05) is 185 Å². The van der Waals surface area contributed by atoms with E-state index < -0.39 is 67.4 Å². The molecule has 0 aromatic heterocycles. The minimum atomic E-state index is -1.63. The van der Waals surface area contributed by atoms with E-state index in [1.54, 1.807) is 6.08 Å². The second kappa shape index (κ2) is 41.1. The highest BCUT2D eigenvalue weighted by Gasteiger charge is 2.47. The number of carbonyl (C=O) groups excluding carboxylic acids is 2. The van der Waals surface area contributed by atoms with Crippen molar-refractivity contribution in [2.45, 2.75) is 256 Å². The van der Waals surface area contributed by atoms with Crippen molar-refractivity contribution < 1.29 is 49.3 Å². The van der Waals surface area contributed by atoms with E-state index >= 15 is 0 Å². The maximum atomic E-state index is 13.3. The summed E-state index contributed by atoms with van der Waals surface area (Å²) in [5.74, 6) is -1.28. The van der Waals surface area contributed by atoms with Crippen molar-refractivity contribution in [3.8, 4) is 0 Å². The summed E-state index contributed by atoms with van der Waals surface area (Å²) in [6, 6.07) is -1.03. The maximum Gasteiger partial charge on any atom is 0.306 e. The van der Waals surface area contributed by atoms with Crippen LogP contribution in [0.4, 0.5) is 0 Å². The zero-order valence-electron chi connectivity index (χ0n) is 39.9. The molecule has 366 valence electrons. The average Bonchev–Trinajstić information content (AvgIpc) is 3.28. The van der Waals surface area contributed by atoms with Gasteiger partial charge < -0.3 is 45.1 Å². The van der Waals surface area contributed by atoms with Crippen LogP contribution in [-0.4, -0.2) is 99.6 Å². The monoisotopic (exact) mass is 892 g/mol. The first kappa shape index (κ1) is 58.6. The van der Waals surface area contributed by atoms with Crippen LogP contribution in [0.3, 0.4) is 0 Å². The lowest BCUT2D eigenvalue weighted by Gasteiger charge is -2.41. The Balaban J connectivity index is 2.84. The second-order valence-corrected chi connectivity index (χ2v) is 17.5. The van der Waals surface area contributed by atoms with Gasteiger partial charge in [-0.3, -0.25) is 9.59 Å². The SMILES string of the molecule is CCCC/C=C\CCCCCCC(O)C(=O)NC(COC1OC(CO)C(O)C(O)C1OC(=O)CC/C=C/C/C=C\CCCCCCCC)C(O)/C=C/CCCCCCCCCCC. The van der Waals surface area contributed by atoms with Crippen LogP contribution in [0.1, 0.15) is 207 Å². The summed E-state index contributed by atoms with van der Waals surface area (Å²) in [6.07, 6.45) is 36.2. The third-order valence-electron chi connectivity index (χ3n) is 11.7. The van der Waals surface area contributed by atoms with Crippen LogP contribution in [0.25, 0.3) is 0 Å². The lowest BCUT2D eigenvalue weighted by Crippen LogP contribution is -2.61. The smallest absolute Gasteiger partial charge is 0.306 e. The highest BCUT2D eigenvalue weighted by atomic mass is 16.7. The average molecular weight is 892 g/mol. The minimum Gasteiger partial charge on any atom is -0.454 e. The van der Waals surface area contributed by atoms with Gasteiger partial charge in [-0.05, 0) is 64.2 Å². The van der Waals surface area contributed by atoms with Gasteiger partial charge >= 0.3 is 5.97 Å². The Morgan fingerprint density at radius 2 is 1.11 bits per heavy atom. The van der Waals surface area contributed by atoms with Crippen LogP contribution in [0.5, 0.6) is 0 Å². The van der Waals surface area contributed by atoms with E-state index in [4.69, 9.17) is 14.2 Å². The highest BCUT2D eigenvalue weighted by molar-refractivity contribution is 5.80. The number of aliphatic hydroxyl groups is 5. The number of carbonyl (C=O) groups is 2. The van der Waals surface area contributed by atoms with E-state index in [9.17, 15) is 35.1 Å². The largest absolute Gasteiger partial charge is 0.454 e. The lowest BCUT2D eigenvalue weighted by molar-refractivity contribution is -0.305. The summed E-state index contributed by atoms with van der Waals surface area (Å²) in [6.45, 7) is 5.64. The van der Waals surface area contributed by atoms with Gasteiger partial charge in [0.1, 0.15) is 24.4 Å². The van der Waals surface area contributed by atoms with E-state index in [0.717, 1.165) is 64.2 Å². The number of hydrogen-bond donors (Lipinski definition) is 6. The zero-order chi connectivity index (χ0) is 46.2. The molecule has 11 heteroatoms. The zero-order valence-corrected chi connectivity index (χ0v) is 39.9. The van der Waals surface area contributed by atoms with Crippen LogP contribution >= 0.6 is 0 Å². The van der Waals surface area contributed by atoms with Gasteiger partial charge in [-0.15, -0.1) is 0 Å². The van der Waals surface area contributed by atoms with E-state index in [-0.39, 0.29) is 19.4 Å². The van der Waals surface area contributed by atoms with Gasteiger partial charge in [0.25, 0.3) is 0 Å². The topological polar surface area (TPSA) is 175 Å². The Bertz CT molecular complexity index is 1210. The van der Waals surface area contributed by atoms with Gasteiger partial charge in [0.05, 0.1) is 25.4 Å². The lowest BCUT2D eigenvalue weighted by atomic mass is 9.99. The standard InChI is InChI=1S/C52H93NO10/c1-4-7-10-13-16-19-22-23-25-28-31-34-37-40-47(57)63-50-49(59)48(58)46(41-54)62-52(50)61-42-43(44(55)38-35-32-29-27-24-20-17-14-11-8-5-2)53-51(60)45(56)39-36-33-30-26-21-18-15-12-9-6-3/h15,18,23,25,31,34-35,38,43-46,48-50,52,54-56,58-59H,4-14,16-17,19-22,24,26-30,32-33,36-37,39-42H2,1-3H3,(H,53,60)/b18-15-,25-23-,34-31+,38-35+. The number of hydrogen-bond acceptors (Lipinski definition) is 10. The van der Waals surface area contributed by atoms with Gasteiger partial charge in [-0.25, -0.2) is 0 Å². The van der Waals surface area contributed by atoms with E-state index in [1.165, 1.54) is 96.3 Å². The molecule has 6 N–H and O–H groups in total. The van der Waals surface area contributed by atoms with Crippen LogP contribution < -0.4 is 5.32 Å². The van der Waals surface area contributed by atoms with Crippen LogP contribution in [0.2, 0.25) is 0 Å². The molecule has 0 radical (unpaired) electrons. The van der Waals surface area contributed by atoms with Crippen molar-refractivity contribution in [2.75, 3.05) is 13.2 Å². The summed E-state index contributed by atoms with van der Waals surface area (Å²) in [5, 5.41) is 56.4. The fraction of sp³-hybridized carbons (Fsp3) is 0.808. The van der Waals surface area contributed by atoms with Gasteiger partial charge in [-0.2, -0.15) is 0 Å². The molecule has 0 aromatic rings. The predicted molar refractivity (Wildman–Crippen MR) is 255 cm³/mol. The normalized spacial score (nSPS) is 20.9.